The summed E-state index contributed by atoms with van der Waals surface area (Å²) in [6, 6.07) is 2.64. The van der Waals surface area contributed by atoms with Crippen molar-refractivity contribution in [3.8, 4) is 0 Å². The van der Waals surface area contributed by atoms with Gasteiger partial charge in [0, 0.05) is 16.1 Å². The van der Waals surface area contributed by atoms with Crippen LogP contribution in [-0.2, 0) is 10.0 Å². The summed E-state index contributed by atoms with van der Waals surface area (Å²) in [6.45, 7) is 1.57. The zero-order valence-electron chi connectivity index (χ0n) is 10.1. The van der Waals surface area contributed by atoms with Gasteiger partial charge in [-0.2, -0.15) is 8.42 Å². The van der Waals surface area contributed by atoms with Gasteiger partial charge in [-0.25, -0.2) is 4.98 Å². The molecular formula is C10H9BrN4O4S. The lowest BCUT2D eigenvalue weighted by Crippen LogP contribution is -2.14. The second-order valence-electron chi connectivity index (χ2n) is 3.90. The Morgan fingerprint density at radius 3 is 2.70 bits per heavy atom. The maximum atomic E-state index is 12.0. The summed E-state index contributed by atoms with van der Waals surface area (Å²) in [5, 5.41) is 10.7. The standard InChI is InChI=1S/C10H9BrN4O4S/c1-6-2-7(11)8(3-9(6)15(16)17)14-20(18,19)10-4-12-5-13-10/h2-5,14H,1H3,(H,12,13). The van der Waals surface area contributed by atoms with E-state index in [9.17, 15) is 18.5 Å². The molecule has 2 rings (SSSR count). The molecule has 0 aliphatic carbocycles. The number of anilines is 1. The Morgan fingerprint density at radius 1 is 1.45 bits per heavy atom. The first kappa shape index (κ1) is 14.5. The largest absolute Gasteiger partial charge is 0.334 e. The van der Waals surface area contributed by atoms with E-state index < -0.39 is 14.9 Å². The minimum atomic E-state index is -3.87. The first-order valence-electron chi connectivity index (χ1n) is 5.27. The maximum Gasteiger partial charge on any atom is 0.279 e. The SMILES string of the molecule is Cc1cc(Br)c(NS(=O)(=O)c2cnc[nH]2)cc1[N+](=O)[O-]. The molecule has 0 atom stereocenters. The molecule has 0 amide bonds. The molecule has 0 saturated carbocycles. The number of nitro groups is 1. The van der Waals surface area contributed by atoms with Crippen LogP contribution < -0.4 is 4.72 Å². The fourth-order valence-corrected chi connectivity index (χ4v) is 3.19. The number of imidazole rings is 1. The molecule has 0 radical (unpaired) electrons. The molecule has 10 heteroatoms. The third-order valence-corrected chi connectivity index (χ3v) is 4.44. The highest BCUT2D eigenvalue weighted by Crippen LogP contribution is 2.31. The number of aryl methyl sites for hydroxylation is 1. The van der Waals surface area contributed by atoms with Crippen molar-refractivity contribution in [1.82, 2.24) is 9.97 Å². The predicted molar refractivity (Wildman–Crippen MR) is 74.9 cm³/mol. The molecule has 0 aliphatic rings. The van der Waals surface area contributed by atoms with Crippen molar-refractivity contribution in [3.63, 3.8) is 0 Å². The van der Waals surface area contributed by atoms with E-state index in [1.54, 1.807) is 6.92 Å². The molecule has 0 saturated heterocycles. The van der Waals surface area contributed by atoms with Gasteiger partial charge in [-0.05, 0) is 28.9 Å². The zero-order valence-corrected chi connectivity index (χ0v) is 12.5. The van der Waals surface area contributed by atoms with Crippen LogP contribution in [0.15, 0.2) is 34.2 Å². The molecule has 2 aromatic rings. The van der Waals surface area contributed by atoms with Gasteiger partial charge in [-0.1, -0.05) is 0 Å². The Bertz CT molecular complexity index is 758. The highest BCUT2D eigenvalue weighted by molar-refractivity contribution is 9.10. The zero-order chi connectivity index (χ0) is 14.9. The lowest BCUT2D eigenvalue weighted by atomic mass is 10.2. The van der Waals surface area contributed by atoms with Gasteiger partial charge >= 0.3 is 0 Å². The predicted octanol–water partition coefficient (Wildman–Crippen LogP) is 2.19. The summed E-state index contributed by atoms with van der Waals surface area (Å²) in [7, 11) is -3.87. The summed E-state index contributed by atoms with van der Waals surface area (Å²) in [4.78, 5) is 16.4. The number of rotatable bonds is 4. The van der Waals surface area contributed by atoms with Crippen molar-refractivity contribution in [1.29, 1.82) is 0 Å². The average Bonchev–Trinajstić information content (AvgIpc) is 2.86. The molecule has 1 heterocycles. The molecule has 1 aromatic heterocycles. The second-order valence-corrected chi connectivity index (χ2v) is 6.40. The molecule has 0 unspecified atom stereocenters. The Hall–Kier alpha value is -1.94. The maximum absolute atomic E-state index is 12.0. The van der Waals surface area contributed by atoms with Gasteiger partial charge in [-0.15, -0.1) is 0 Å². The molecule has 0 spiro atoms. The van der Waals surface area contributed by atoms with Crippen molar-refractivity contribution >= 4 is 37.3 Å². The topological polar surface area (TPSA) is 118 Å². The lowest BCUT2D eigenvalue weighted by Gasteiger charge is -2.09. The monoisotopic (exact) mass is 360 g/mol. The molecule has 2 N–H and O–H groups in total. The average molecular weight is 361 g/mol. The van der Waals surface area contributed by atoms with E-state index in [1.807, 2.05) is 0 Å². The Kier molecular flexibility index (Phi) is 3.77. The number of nitro benzene ring substituents is 1. The molecule has 0 bridgehead atoms. The van der Waals surface area contributed by atoms with Gasteiger partial charge in [0.05, 0.1) is 23.1 Å². The Labute approximate surface area is 122 Å². The van der Waals surface area contributed by atoms with Gasteiger partial charge in [0.2, 0.25) is 0 Å². The van der Waals surface area contributed by atoms with Crippen LogP contribution in [0, 0.1) is 17.0 Å². The Morgan fingerprint density at radius 2 is 2.15 bits per heavy atom. The number of benzene rings is 1. The van der Waals surface area contributed by atoms with Crippen LogP contribution in [0.5, 0.6) is 0 Å². The summed E-state index contributed by atoms with van der Waals surface area (Å²) >= 11 is 3.17. The van der Waals surface area contributed by atoms with E-state index in [-0.39, 0.29) is 16.4 Å². The molecule has 20 heavy (non-hydrogen) atoms. The van der Waals surface area contributed by atoms with E-state index in [1.165, 1.54) is 12.4 Å². The quantitative estimate of drug-likeness (QED) is 0.639. The van der Waals surface area contributed by atoms with Crippen molar-refractivity contribution in [2.45, 2.75) is 11.9 Å². The first-order valence-corrected chi connectivity index (χ1v) is 7.54. The molecule has 8 nitrogen and oxygen atoms in total. The van der Waals surface area contributed by atoms with Crippen LogP contribution in [0.3, 0.4) is 0 Å². The number of nitrogens with zero attached hydrogens (tertiary/aromatic N) is 2. The summed E-state index contributed by atoms with van der Waals surface area (Å²) in [6.07, 6.45) is 2.36. The molecule has 1 aromatic carbocycles. The number of hydrogen-bond donors (Lipinski definition) is 2. The number of hydrogen-bond acceptors (Lipinski definition) is 5. The van der Waals surface area contributed by atoms with E-state index in [0.29, 0.717) is 10.0 Å². The van der Waals surface area contributed by atoms with Gasteiger partial charge in [0.25, 0.3) is 15.7 Å². The minimum Gasteiger partial charge on any atom is -0.334 e. The van der Waals surface area contributed by atoms with Crippen molar-refractivity contribution in [2.75, 3.05) is 4.72 Å². The van der Waals surface area contributed by atoms with Gasteiger partial charge in [0.1, 0.15) is 0 Å². The molecule has 106 valence electrons. The summed E-state index contributed by atoms with van der Waals surface area (Å²) in [5.74, 6) is 0. The first-order chi connectivity index (χ1) is 9.31. The number of aromatic nitrogens is 2. The van der Waals surface area contributed by atoms with Crippen LogP contribution in [0.1, 0.15) is 5.56 Å². The van der Waals surface area contributed by atoms with Crippen molar-refractivity contribution in [3.05, 3.63) is 44.8 Å². The van der Waals surface area contributed by atoms with E-state index in [2.05, 4.69) is 30.6 Å². The number of sulfonamides is 1. The van der Waals surface area contributed by atoms with Gasteiger partial charge in [0.15, 0.2) is 5.03 Å². The highest BCUT2D eigenvalue weighted by Gasteiger charge is 2.20. The number of halogens is 1. The third-order valence-electron chi connectivity index (χ3n) is 2.49. The van der Waals surface area contributed by atoms with Crippen LogP contribution in [0.2, 0.25) is 0 Å². The van der Waals surface area contributed by atoms with Gasteiger partial charge < -0.3 is 4.98 Å². The third kappa shape index (κ3) is 2.80. The smallest absolute Gasteiger partial charge is 0.279 e. The number of aromatic amines is 1. The number of H-pyrrole nitrogens is 1. The molecular weight excluding hydrogens is 352 g/mol. The summed E-state index contributed by atoms with van der Waals surface area (Å²) in [5.41, 5.74) is 0.332. The summed E-state index contributed by atoms with van der Waals surface area (Å²) < 4.78 is 26.7. The van der Waals surface area contributed by atoms with Crippen LogP contribution in [-0.4, -0.2) is 23.3 Å². The normalized spacial score (nSPS) is 11.3. The van der Waals surface area contributed by atoms with Crippen LogP contribution >= 0.6 is 15.9 Å². The van der Waals surface area contributed by atoms with Crippen molar-refractivity contribution < 1.29 is 13.3 Å². The molecule has 0 fully saturated rings. The van der Waals surface area contributed by atoms with Crippen LogP contribution in [0.4, 0.5) is 11.4 Å². The minimum absolute atomic E-state index is 0.0805. The second kappa shape index (κ2) is 5.21. The van der Waals surface area contributed by atoms with E-state index in [4.69, 9.17) is 0 Å². The highest BCUT2D eigenvalue weighted by atomic mass is 79.9. The van der Waals surface area contributed by atoms with E-state index >= 15 is 0 Å². The van der Waals surface area contributed by atoms with E-state index in [0.717, 1.165) is 12.3 Å². The lowest BCUT2D eigenvalue weighted by molar-refractivity contribution is -0.385. The Balaban J connectivity index is 2.44. The van der Waals surface area contributed by atoms with Gasteiger partial charge in [-0.3, -0.25) is 14.8 Å². The molecule has 0 aliphatic heterocycles. The van der Waals surface area contributed by atoms with Crippen molar-refractivity contribution in [2.24, 2.45) is 0 Å². The van der Waals surface area contributed by atoms with Crippen LogP contribution in [0.25, 0.3) is 0 Å². The fraction of sp³-hybridized carbons (Fsp3) is 0.100. The fourth-order valence-electron chi connectivity index (χ4n) is 1.53. The number of nitrogens with one attached hydrogen (secondary N) is 2.